The minimum Gasteiger partial charge on any atom is -0.344 e. The second-order valence-electron chi connectivity index (χ2n) is 4.60. The predicted molar refractivity (Wildman–Crippen MR) is 63.0 cm³/mol. The summed E-state index contributed by atoms with van der Waals surface area (Å²) in [5.74, 6) is 0. The fourth-order valence-corrected chi connectivity index (χ4v) is 2.55. The Balaban J connectivity index is 2.23. The highest BCUT2D eigenvalue weighted by Crippen LogP contribution is 2.25. The van der Waals surface area contributed by atoms with Crippen LogP contribution in [0.4, 0.5) is 0 Å². The first-order valence-corrected chi connectivity index (χ1v) is 5.58. The molecule has 0 saturated heterocycles. The second-order valence-corrected chi connectivity index (χ2v) is 4.60. The van der Waals surface area contributed by atoms with Crippen LogP contribution < -0.4 is 5.73 Å². The Labute approximate surface area is 89.7 Å². The number of rotatable bonds is 0. The van der Waals surface area contributed by atoms with E-state index in [1.54, 1.807) is 0 Å². The van der Waals surface area contributed by atoms with Crippen LogP contribution in [0.2, 0.25) is 0 Å². The molecule has 1 aliphatic rings. The summed E-state index contributed by atoms with van der Waals surface area (Å²) in [6, 6.07) is 9.31. The fourth-order valence-electron chi connectivity index (χ4n) is 2.55. The van der Waals surface area contributed by atoms with Crippen molar-refractivity contribution >= 4 is 10.9 Å². The number of fused-ring (bicyclic) bond motifs is 3. The third-order valence-corrected chi connectivity index (χ3v) is 3.34. The molecule has 0 spiro atoms. The Kier molecular flexibility index (Phi) is 1.86. The molecule has 2 nitrogen and oxygen atoms in total. The standard InChI is InChI=1S/C13H16N2/c1-9-2-3-13-10(6-9)7-12-8-11(14)4-5-15(12)13/h2-3,6-7,11H,4-5,8,14H2,1H3. The first-order valence-electron chi connectivity index (χ1n) is 5.58. The van der Waals surface area contributed by atoms with Gasteiger partial charge in [-0.25, -0.2) is 0 Å². The van der Waals surface area contributed by atoms with Crippen LogP contribution in [0.5, 0.6) is 0 Å². The van der Waals surface area contributed by atoms with Crippen LogP contribution in [0, 0.1) is 6.92 Å². The lowest BCUT2D eigenvalue weighted by Gasteiger charge is -2.21. The molecule has 78 valence electrons. The van der Waals surface area contributed by atoms with Gasteiger partial charge in [-0.1, -0.05) is 11.6 Å². The summed E-state index contributed by atoms with van der Waals surface area (Å²) < 4.78 is 2.41. The zero-order chi connectivity index (χ0) is 10.4. The molecule has 0 bridgehead atoms. The van der Waals surface area contributed by atoms with Crippen molar-refractivity contribution in [3.8, 4) is 0 Å². The molecule has 15 heavy (non-hydrogen) atoms. The zero-order valence-electron chi connectivity index (χ0n) is 9.03. The summed E-state index contributed by atoms with van der Waals surface area (Å²) in [7, 11) is 0. The number of hydrogen-bond donors (Lipinski definition) is 1. The molecule has 3 rings (SSSR count). The molecule has 2 heterocycles. The Morgan fingerprint density at radius 1 is 1.33 bits per heavy atom. The maximum Gasteiger partial charge on any atom is 0.0482 e. The Bertz CT molecular complexity index is 510. The number of aromatic nitrogens is 1. The lowest BCUT2D eigenvalue weighted by Crippen LogP contribution is -2.30. The van der Waals surface area contributed by atoms with Gasteiger partial charge in [0, 0.05) is 35.6 Å². The topological polar surface area (TPSA) is 30.9 Å². The van der Waals surface area contributed by atoms with Crippen molar-refractivity contribution in [3.05, 3.63) is 35.5 Å². The van der Waals surface area contributed by atoms with E-state index in [9.17, 15) is 0 Å². The van der Waals surface area contributed by atoms with E-state index in [1.807, 2.05) is 0 Å². The molecular weight excluding hydrogens is 184 g/mol. The third kappa shape index (κ3) is 1.37. The molecule has 1 aromatic carbocycles. The molecule has 0 aliphatic carbocycles. The van der Waals surface area contributed by atoms with E-state index in [0.717, 1.165) is 19.4 Å². The van der Waals surface area contributed by atoms with Gasteiger partial charge in [-0.3, -0.25) is 0 Å². The predicted octanol–water partition coefficient (Wildman–Crippen LogP) is 2.22. The fraction of sp³-hybridized carbons (Fsp3) is 0.385. The molecule has 2 heteroatoms. The molecule has 2 N–H and O–H groups in total. The van der Waals surface area contributed by atoms with Gasteiger partial charge in [0.2, 0.25) is 0 Å². The van der Waals surface area contributed by atoms with Gasteiger partial charge in [0.1, 0.15) is 0 Å². The average molecular weight is 200 g/mol. The molecule has 1 aliphatic heterocycles. The zero-order valence-corrected chi connectivity index (χ0v) is 9.03. The van der Waals surface area contributed by atoms with Crippen molar-refractivity contribution in [2.24, 2.45) is 5.73 Å². The van der Waals surface area contributed by atoms with Crippen LogP contribution in [-0.2, 0) is 13.0 Å². The molecule has 0 fully saturated rings. The molecule has 0 saturated carbocycles. The van der Waals surface area contributed by atoms with E-state index >= 15 is 0 Å². The highest BCUT2D eigenvalue weighted by atomic mass is 15.0. The number of hydrogen-bond acceptors (Lipinski definition) is 1. The Morgan fingerprint density at radius 3 is 3.07 bits per heavy atom. The summed E-state index contributed by atoms with van der Waals surface area (Å²) in [4.78, 5) is 0. The monoisotopic (exact) mass is 200 g/mol. The molecule has 0 amide bonds. The van der Waals surface area contributed by atoms with Crippen molar-refractivity contribution in [1.29, 1.82) is 0 Å². The van der Waals surface area contributed by atoms with Crippen LogP contribution in [0.25, 0.3) is 10.9 Å². The van der Waals surface area contributed by atoms with Crippen LogP contribution >= 0.6 is 0 Å². The number of nitrogens with two attached hydrogens (primary N) is 1. The SMILES string of the molecule is Cc1ccc2c(c1)cc1n2CCC(N)C1. The van der Waals surface area contributed by atoms with Crippen molar-refractivity contribution in [3.63, 3.8) is 0 Å². The maximum absolute atomic E-state index is 5.99. The smallest absolute Gasteiger partial charge is 0.0482 e. The van der Waals surface area contributed by atoms with Gasteiger partial charge in [-0.05, 0) is 31.5 Å². The van der Waals surface area contributed by atoms with Gasteiger partial charge in [0.25, 0.3) is 0 Å². The van der Waals surface area contributed by atoms with E-state index in [0.29, 0.717) is 6.04 Å². The number of aryl methyl sites for hydroxylation is 2. The van der Waals surface area contributed by atoms with Crippen molar-refractivity contribution in [2.45, 2.75) is 32.4 Å². The summed E-state index contributed by atoms with van der Waals surface area (Å²) in [6.07, 6.45) is 2.12. The quantitative estimate of drug-likeness (QED) is 0.694. The summed E-state index contributed by atoms with van der Waals surface area (Å²) in [5.41, 5.74) is 10.1. The summed E-state index contributed by atoms with van der Waals surface area (Å²) >= 11 is 0. The van der Waals surface area contributed by atoms with Gasteiger partial charge >= 0.3 is 0 Å². The Morgan fingerprint density at radius 2 is 2.20 bits per heavy atom. The van der Waals surface area contributed by atoms with Crippen molar-refractivity contribution < 1.29 is 0 Å². The lowest BCUT2D eigenvalue weighted by atomic mass is 10.1. The van der Waals surface area contributed by atoms with Crippen LogP contribution in [0.15, 0.2) is 24.3 Å². The first-order chi connectivity index (χ1) is 7.24. The highest BCUT2D eigenvalue weighted by Gasteiger charge is 2.17. The van der Waals surface area contributed by atoms with Gasteiger partial charge in [0.05, 0.1) is 0 Å². The minimum atomic E-state index is 0.350. The Hall–Kier alpha value is -1.28. The van der Waals surface area contributed by atoms with E-state index in [4.69, 9.17) is 5.73 Å². The number of nitrogens with zero attached hydrogens (tertiary/aromatic N) is 1. The van der Waals surface area contributed by atoms with E-state index < -0.39 is 0 Å². The number of benzene rings is 1. The maximum atomic E-state index is 5.99. The molecule has 2 aromatic rings. The summed E-state index contributed by atoms with van der Waals surface area (Å²) in [6.45, 7) is 3.21. The van der Waals surface area contributed by atoms with Crippen molar-refractivity contribution in [1.82, 2.24) is 4.57 Å². The normalized spacial score (nSPS) is 20.5. The second kappa shape index (κ2) is 3.11. The third-order valence-electron chi connectivity index (χ3n) is 3.34. The summed E-state index contributed by atoms with van der Waals surface area (Å²) in [5, 5.41) is 1.36. The van der Waals surface area contributed by atoms with Crippen LogP contribution in [0.3, 0.4) is 0 Å². The molecule has 0 radical (unpaired) electrons. The van der Waals surface area contributed by atoms with Gasteiger partial charge < -0.3 is 10.3 Å². The minimum absolute atomic E-state index is 0.350. The highest BCUT2D eigenvalue weighted by molar-refractivity contribution is 5.82. The van der Waals surface area contributed by atoms with Gasteiger partial charge in [-0.15, -0.1) is 0 Å². The van der Waals surface area contributed by atoms with Gasteiger partial charge in [0.15, 0.2) is 0 Å². The van der Waals surface area contributed by atoms with E-state index in [-0.39, 0.29) is 0 Å². The molecule has 1 unspecified atom stereocenters. The van der Waals surface area contributed by atoms with Crippen LogP contribution in [-0.4, -0.2) is 10.6 Å². The molecule has 1 atom stereocenters. The molecular formula is C13H16N2. The largest absolute Gasteiger partial charge is 0.344 e. The van der Waals surface area contributed by atoms with E-state index in [1.165, 1.54) is 22.2 Å². The lowest BCUT2D eigenvalue weighted by molar-refractivity contribution is 0.480. The van der Waals surface area contributed by atoms with Crippen LogP contribution in [0.1, 0.15) is 17.7 Å². The van der Waals surface area contributed by atoms with Crippen molar-refractivity contribution in [2.75, 3.05) is 0 Å². The average Bonchev–Trinajstić information content (AvgIpc) is 2.53. The molecule has 1 aromatic heterocycles. The van der Waals surface area contributed by atoms with Gasteiger partial charge in [-0.2, -0.15) is 0 Å². The first kappa shape index (κ1) is 8.98. The van der Waals surface area contributed by atoms with E-state index in [2.05, 4.69) is 35.8 Å².